The Labute approximate surface area is 135 Å². The van der Waals surface area contributed by atoms with E-state index in [1.165, 1.54) is 0 Å². The highest BCUT2D eigenvalue weighted by molar-refractivity contribution is 5.96. The molecule has 23 heavy (non-hydrogen) atoms. The zero-order valence-electron chi connectivity index (χ0n) is 13.4. The van der Waals surface area contributed by atoms with E-state index in [2.05, 4.69) is 17.1 Å². The number of carbonyl (C=O) groups excluding carboxylic acids is 1. The van der Waals surface area contributed by atoms with Crippen molar-refractivity contribution in [2.24, 2.45) is 0 Å². The van der Waals surface area contributed by atoms with Crippen LogP contribution in [0.2, 0.25) is 0 Å². The van der Waals surface area contributed by atoms with Crippen molar-refractivity contribution in [2.75, 3.05) is 11.4 Å². The minimum Gasteiger partial charge on any atom is -0.369 e. The predicted octanol–water partition coefficient (Wildman–Crippen LogP) is 2.91. The second-order valence-electron chi connectivity index (χ2n) is 5.82. The second kappa shape index (κ2) is 6.91. The second-order valence-corrected chi connectivity index (χ2v) is 5.82. The number of rotatable bonds is 6. The van der Waals surface area contributed by atoms with Crippen LogP contribution in [-0.2, 0) is 16.1 Å². The van der Waals surface area contributed by atoms with Gasteiger partial charge in [-0.2, -0.15) is 4.98 Å². The molecule has 1 saturated heterocycles. The highest BCUT2D eigenvalue weighted by atomic mass is 16.5. The van der Waals surface area contributed by atoms with Crippen LogP contribution in [0.4, 0.5) is 5.69 Å². The lowest BCUT2D eigenvalue weighted by Gasteiger charge is -2.15. The molecule has 1 aliphatic heterocycles. The summed E-state index contributed by atoms with van der Waals surface area (Å²) in [5, 5.41) is 4.02. The van der Waals surface area contributed by atoms with Crippen molar-refractivity contribution in [1.29, 1.82) is 0 Å². The van der Waals surface area contributed by atoms with Gasteiger partial charge in [0.2, 0.25) is 5.91 Å². The van der Waals surface area contributed by atoms with Gasteiger partial charge in [-0.25, -0.2) is 0 Å². The summed E-state index contributed by atoms with van der Waals surface area (Å²) in [6.07, 6.45) is 1.50. The molecule has 0 radical (unpaired) electrons. The molecule has 0 unspecified atom stereocenters. The summed E-state index contributed by atoms with van der Waals surface area (Å²) in [5.41, 5.74) is 0.906. The van der Waals surface area contributed by atoms with E-state index in [1.54, 1.807) is 4.90 Å². The van der Waals surface area contributed by atoms with E-state index in [1.807, 2.05) is 37.3 Å². The molecule has 1 aromatic heterocycles. The Morgan fingerprint density at radius 3 is 2.91 bits per heavy atom. The van der Waals surface area contributed by atoms with E-state index in [0.717, 1.165) is 12.1 Å². The number of hydrogen-bond acceptors (Lipinski definition) is 5. The van der Waals surface area contributed by atoms with Gasteiger partial charge in [0, 0.05) is 24.6 Å². The van der Waals surface area contributed by atoms with Crippen LogP contribution in [-0.4, -0.2) is 28.7 Å². The third kappa shape index (κ3) is 3.59. The number of para-hydroxylation sites is 1. The molecular weight excluding hydrogens is 294 g/mol. The van der Waals surface area contributed by atoms with E-state index in [0.29, 0.717) is 31.3 Å². The molecule has 1 fully saturated rings. The average Bonchev–Trinajstić information content (AvgIpc) is 3.20. The van der Waals surface area contributed by atoms with Crippen LogP contribution in [0.25, 0.3) is 0 Å². The molecule has 1 aromatic carbocycles. The average molecular weight is 315 g/mol. The lowest BCUT2D eigenvalue weighted by Crippen LogP contribution is -2.24. The summed E-state index contributed by atoms with van der Waals surface area (Å²) in [5.74, 6) is 1.10. The molecule has 1 amide bonds. The van der Waals surface area contributed by atoms with Gasteiger partial charge < -0.3 is 14.2 Å². The predicted molar refractivity (Wildman–Crippen MR) is 85.0 cm³/mol. The molecule has 3 rings (SSSR count). The molecule has 1 aliphatic rings. The summed E-state index contributed by atoms with van der Waals surface area (Å²) in [7, 11) is 0. The highest BCUT2D eigenvalue weighted by Gasteiger charge is 2.34. The maximum Gasteiger partial charge on any atom is 0.252 e. The Kier molecular flexibility index (Phi) is 4.71. The standard InChI is InChI=1S/C17H21N3O3/c1-3-12(2)22-11-15-18-17(19-23-15)13-9-16(21)20(10-13)14-7-5-4-6-8-14/h4-8,12-13H,3,9-11H2,1-2H3/t12-,13+/m0/s1. The monoisotopic (exact) mass is 315 g/mol. The third-order valence-electron chi connectivity index (χ3n) is 4.11. The van der Waals surface area contributed by atoms with Crippen LogP contribution < -0.4 is 4.90 Å². The van der Waals surface area contributed by atoms with Crippen molar-refractivity contribution < 1.29 is 14.1 Å². The van der Waals surface area contributed by atoms with Crippen molar-refractivity contribution in [2.45, 2.75) is 45.3 Å². The van der Waals surface area contributed by atoms with E-state index < -0.39 is 0 Å². The van der Waals surface area contributed by atoms with Crippen LogP contribution in [0.15, 0.2) is 34.9 Å². The molecular formula is C17H21N3O3. The van der Waals surface area contributed by atoms with Gasteiger partial charge in [0.15, 0.2) is 5.82 Å². The van der Waals surface area contributed by atoms with Crippen molar-refractivity contribution in [1.82, 2.24) is 10.1 Å². The van der Waals surface area contributed by atoms with Crippen LogP contribution >= 0.6 is 0 Å². The van der Waals surface area contributed by atoms with E-state index in [9.17, 15) is 4.79 Å². The number of amides is 1. The van der Waals surface area contributed by atoms with Crippen molar-refractivity contribution in [3.05, 3.63) is 42.0 Å². The molecule has 2 heterocycles. The number of anilines is 1. The first-order chi connectivity index (χ1) is 11.2. The van der Waals surface area contributed by atoms with Gasteiger partial charge in [-0.1, -0.05) is 30.3 Å². The summed E-state index contributed by atoms with van der Waals surface area (Å²) >= 11 is 0. The van der Waals surface area contributed by atoms with Gasteiger partial charge in [0.25, 0.3) is 5.89 Å². The van der Waals surface area contributed by atoms with Crippen molar-refractivity contribution in [3.63, 3.8) is 0 Å². The van der Waals surface area contributed by atoms with Crippen LogP contribution in [0.5, 0.6) is 0 Å². The number of carbonyl (C=O) groups is 1. The molecule has 6 heteroatoms. The Balaban J connectivity index is 1.65. The largest absolute Gasteiger partial charge is 0.369 e. The lowest BCUT2D eigenvalue weighted by atomic mass is 10.1. The minimum absolute atomic E-state index is 0.0381. The van der Waals surface area contributed by atoms with E-state index in [4.69, 9.17) is 9.26 Å². The Morgan fingerprint density at radius 2 is 2.17 bits per heavy atom. The molecule has 0 saturated carbocycles. The summed E-state index contributed by atoms with van der Waals surface area (Å²) in [4.78, 5) is 18.4. The Hall–Kier alpha value is -2.21. The van der Waals surface area contributed by atoms with Crippen molar-refractivity contribution >= 4 is 11.6 Å². The Morgan fingerprint density at radius 1 is 1.39 bits per heavy atom. The van der Waals surface area contributed by atoms with Crippen LogP contribution in [0.3, 0.4) is 0 Å². The maximum atomic E-state index is 12.2. The van der Waals surface area contributed by atoms with E-state index >= 15 is 0 Å². The topological polar surface area (TPSA) is 68.5 Å². The first-order valence-electron chi connectivity index (χ1n) is 7.97. The SMILES string of the molecule is CC[C@H](C)OCc1nc([C@@H]2CC(=O)N(c3ccccc3)C2)no1. The van der Waals surface area contributed by atoms with Gasteiger partial charge in [0.05, 0.1) is 6.10 Å². The fourth-order valence-corrected chi connectivity index (χ4v) is 2.56. The minimum atomic E-state index is -0.0381. The first kappa shape index (κ1) is 15.7. The zero-order valence-corrected chi connectivity index (χ0v) is 13.4. The Bertz CT molecular complexity index is 656. The number of aromatic nitrogens is 2. The fraction of sp³-hybridized carbons (Fsp3) is 0.471. The number of benzene rings is 1. The van der Waals surface area contributed by atoms with Gasteiger partial charge in [-0.05, 0) is 25.5 Å². The summed E-state index contributed by atoms with van der Waals surface area (Å²) in [6, 6.07) is 9.65. The van der Waals surface area contributed by atoms with Gasteiger partial charge in [0.1, 0.15) is 6.61 Å². The molecule has 0 spiro atoms. The van der Waals surface area contributed by atoms with Gasteiger partial charge >= 0.3 is 0 Å². The van der Waals surface area contributed by atoms with Gasteiger partial charge in [-0.15, -0.1) is 0 Å². The van der Waals surface area contributed by atoms with Crippen LogP contribution in [0, 0.1) is 0 Å². The fourth-order valence-electron chi connectivity index (χ4n) is 2.56. The molecule has 122 valence electrons. The van der Waals surface area contributed by atoms with E-state index in [-0.39, 0.29) is 17.9 Å². The molecule has 6 nitrogen and oxygen atoms in total. The summed E-state index contributed by atoms with van der Waals surface area (Å²) in [6.45, 7) is 4.95. The number of ether oxygens (including phenoxy) is 1. The molecule has 0 bridgehead atoms. The number of nitrogens with zero attached hydrogens (tertiary/aromatic N) is 3. The van der Waals surface area contributed by atoms with Crippen molar-refractivity contribution in [3.8, 4) is 0 Å². The zero-order chi connectivity index (χ0) is 16.2. The van der Waals surface area contributed by atoms with Crippen LogP contribution in [0.1, 0.15) is 44.3 Å². The first-order valence-corrected chi connectivity index (χ1v) is 7.97. The smallest absolute Gasteiger partial charge is 0.252 e. The lowest BCUT2D eigenvalue weighted by molar-refractivity contribution is -0.117. The normalized spacial score (nSPS) is 19.3. The molecule has 0 aliphatic carbocycles. The third-order valence-corrected chi connectivity index (χ3v) is 4.11. The van der Waals surface area contributed by atoms with Gasteiger partial charge in [-0.3, -0.25) is 4.79 Å². The number of hydrogen-bond donors (Lipinski definition) is 0. The molecule has 2 atom stereocenters. The molecule has 2 aromatic rings. The quantitative estimate of drug-likeness (QED) is 0.820. The summed E-state index contributed by atoms with van der Waals surface area (Å²) < 4.78 is 10.8. The molecule has 0 N–H and O–H groups in total. The highest BCUT2D eigenvalue weighted by Crippen LogP contribution is 2.30. The maximum absolute atomic E-state index is 12.2.